The number of nitrogens with one attached hydrogen (secondary N) is 1. The first kappa shape index (κ1) is 11.7. The van der Waals surface area contributed by atoms with Crippen LogP contribution in [-0.4, -0.2) is 12.5 Å². The second kappa shape index (κ2) is 5.51. The van der Waals surface area contributed by atoms with Crippen molar-refractivity contribution in [2.45, 2.75) is 20.3 Å². The van der Waals surface area contributed by atoms with Crippen molar-refractivity contribution >= 4 is 33.2 Å². The van der Waals surface area contributed by atoms with Crippen LogP contribution in [0.3, 0.4) is 0 Å². The number of halogens is 1. The topological polar surface area (TPSA) is 29.1 Å². The summed E-state index contributed by atoms with van der Waals surface area (Å²) in [5, 5.41) is 2.91. The van der Waals surface area contributed by atoms with E-state index in [4.69, 9.17) is 0 Å². The second-order valence-electron chi connectivity index (χ2n) is 3.33. The van der Waals surface area contributed by atoms with Gasteiger partial charge in [0.15, 0.2) is 0 Å². The Morgan fingerprint density at radius 2 is 2.36 bits per heavy atom. The highest BCUT2D eigenvalue weighted by molar-refractivity contribution is 9.11. The number of hydrogen-bond donors (Lipinski definition) is 1. The van der Waals surface area contributed by atoms with E-state index in [2.05, 4.69) is 35.1 Å². The van der Waals surface area contributed by atoms with Gasteiger partial charge in [0, 0.05) is 6.54 Å². The molecule has 1 amide bonds. The molecular weight excluding hydrogens is 262 g/mol. The Bertz CT molecular complexity index is 311. The Hall–Kier alpha value is -0.350. The maximum Gasteiger partial charge on any atom is 0.261 e. The molecule has 78 valence electrons. The first-order chi connectivity index (χ1) is 6.63. The molecule has 0 aliphatic carbocycles. The van der Waals surface area contributed by atoms with Crippen molar-refractivity contribution < 1.29 is 4.79 Å². The van der Waals surface area contributed by atoms with E-state index in [9.17, 15) is 4.79 Å². The summed E-state index contributed by atoms with van der Waals surface area (Å²) in [7, 11) is 0. The molecule has 1 atom stereocenters. The van der Waals surface area contributed by atoms with Crippen molar-refractivity contribution in [3.63, 3.8) is 0 Å². The van der Waals surface area contributed by atoms with Crippen molar-refractivity contribution in [3.8, 4) is 0 Å². The maximum absolute atomic E-state index is 11.6. The molecule has 0 radical (unpaired) electrons. The first-order valence-corrected chi connectivity index (χ1v) is 6.28. The normalized spacial score (nSPS) is 12.5. The van der Waals surface area contributed by atoms with Gasteiger partial charge in [-0.2, -0.15) is 0 Å². The monoisotopic (exact) mass is 275 g/mol. The Labute approximate surface area is 96.8 Å². The van der Waals surface area contributed by atoms with Gasteiger partial charge in [0.1, 0.15) is 0 Å². The number of rotatable bonds is 4. The molecule has 1 rings (SSSR count). The zero-order valence-corrected chi connectivity index (χ0v) is 10.7. The van der Waals surface area contributed by atoms with Gasteiger partial charge in [0.2, 0.25) is 0 Å². The van der Waals surface area contributed by atoms with Gasteiger partial charge in [-0.1, -0.05) is 20.3 Å². The highest BCUT2D eigenvalue weighted by Gasteiger charge is 2.08. The summed E-state index contributed by atoms with van der Waals surface area (Å²) in [6.45, 7) is 5.01. The lowest BCUT2D eigenvalue weighted by Crippen LogP contribution is -2.27. The third-order valence-corrected chi connectivity index (χ3v) is 3.73. The fourth-order valence-corrected chi connectivity index (χ4v) is 2.24. The summed E-state index contributed by atoms with van der Waals surface area (Å²) in [5.41, 5.74) is 0. The molecule has 0 aliphatic rings. The van der Waals surface area contributed by atoms with Gasteiger partial charge in [-0.3, -0.25) is 4.79 Å². The number of carbonyl (C=O) groups is 1. The summed E-state index contributed by atoms with van der Waals surface area (Å²) in [5.74, 6) is 0.573. The van der Waals surface area contributed by atoms with Crippen LogP contribution in [-0.2, 0) is 0 Å². The van der Waals surface area contributed by atoms with E-state index >= 15 is 0 Å². The second-order valence-corrected chi connectivity index (χ2v) is 5.79. The maximum atomic E-state index is 11.6. The average molecular weight is 276 g/mol. The fraction of sp³-hybridized carbons (Fsp3) is 0.500. The van der Waals surface area contributed by atoms with Crippen LogP contribution in [0.2, 0.25) is 0 Å². The third-order valence-electron chi connectivity index (χ3n) is 2.10. The number of amides is 1. The van der Waals surface area contributed by atoms with Crippen LogP contribution in [0.4, 0.5) is 0 Å². The molecule has 2 nitrogen and oxygen atoms in total. The Morgan fingerprint density at radius 1 is 1.64 bits per heavy atom. The molecule has 1 aromatic heterocycles. The molecule has 0 aliphatic heterocycles. The lowest BCUT2D eigenvalue weighted by Gasteiger charge is -2.08. The molecule has 0 aromatic carbocycles. The standard InChI is InChI=1S/C10H14BrNOS/c1-3-7(2)6-12-10(13)8-4-5-9(11)14-8/h4-5,7H,3,6H2,1-2H3,(H,12,13). The van der Waals surface area contributed by atoms with Gasteiger partial charge in [-0.15, -0.1) is 11.3 Å². The van der Waals surface area contributed by atoms with Gasteiger partial charge in [0.05, 0.1) is 8.66 Å². The molecule has 0 saturated heterocycles. The summed E-state index contributed by atoms with van der Waals surface area (Å²) in [6, 6.07) is 3.73. The first-order valence-electron chi connectivity index (χ1n) is 4.67. The van der Waals surface area contributed by atoms with Gasteiger partial charge < -0.3 is 5.32 Å². The average Bonchev–Trinajstić information content (AvgIpc) is 2.60. The number of hydrogen-bond acceptors (Lipinski definition) is 2. The van der Waals surface area contributed by atoms with Crippen LogP contribution in [0.5, 0.6) is 0 Å². The third kappa shape index (κ3) is 3.42. The van der Waals surface area contributed by atoms with Crippen molar-refractivity contribution in [1.82, 2.24) is 5.32 Å². The number of carbonyl (C=O) groups excluding carboxylic acids is 1. The van der Waals surface area contributed by atoms with Gasteiger partial charge in [-0.25, -0.2) is 0 Å². The van der Waals surface area contributed by atoms with Crippen molar-refractivity contribution in [1.29, 1.82) is 0 Å². The summed E-state index contributed by atoms with van der Waals surface area (Å²) < 4.78 is 0.992. The minimum absolute atomic E-state index is 0.0287. The highest BCUT2D eigenvalue weighted by atomic mass is 79.9. The zero-order valence-electron chi connectivity index (χ0n) is 8.34. The predicted octanol–water partition coefficient (Wildman–Crippen LogP) is 3.29. The fourth-order valence-electron chi connectivity index (χ4n) is 0.935. The minimum Gasteiger partial charge on any atom is -0.351 e. The summed E-state index contributed by atoms with van der Waals surface area (Å²) in [6.07, 6.45) is 1.09. The predicted molar refractivity (Wildman–Crippen MR) is 63.8 cm³/mol. The molecule has 0 spiro atoms. The molecule has 14 heavy (non-hydrogen) atoms. The number of thiophene rings is 1. The minimum atomic E-state index is 0.0287. The van der Waals surface area contributed by atoms with E-state index in [1.54, 1.807) is 0 Å². The Kier molecular flexibility index (Phi) is 4.62. The van der Waals surface area contributed by atoms with Gasteiger partial charge >= 0.3 is 0 Å². The van der Waals surface area contributed by atoms with Crippen molar-refractivity contribution in [2.75, 3.05) is 6.54 Å². The van der Waals surface area contributed by atoms with E-state index < -0.39 is 0 Å². The van der Waals surface area contributed by atoms with Gasteiger partial charge in [0.25, 0.3) is 5.91 Å². The molecular formula is C10H14BrNOS. The molecule has 0 saturated carbocycles. The van der Waals surface area contributed by atoms with E-state index in [1.807, 2.05) is 12.1 Å². The molecule has 0 fully saturated rings. The summed E-state index contributed by atoms with van der Waals surface area (Å²) in [4.78, 5) is 12.3. The van der Waals surface area contributed by atoms with Crippen LogP contribution >= 0.6 is 27.3 Å². The van der Waals surface area contributed by atoms with E-state index in [0.29, 0.717) is 5.92 Å². The SMILES string of the molecule is CCC(C)CNC(=O)c1ccc(Br)s1. The van der Waals surface area contributed by atoms with Crippen LogP contribution in [0.15, 0.2) is 15.9 Å². The molecule has 1 unspecified atom stereocenters. The van der Waals surface area contributed by atoms with E-state index in [1.165, 1.54) is 11.3 Å². The molecule has 1 N–H and O–H groups in total. The van der Waals surface area contributed by atoms with Crippen molar-refractivity contribution in [3.05, 3.63) is 20.8 Å². The Morgan fingerprint density at radius 3 is 2.86 bits per heavy atom. The van der Waals surface area contributed by atoms with Gasteiger partial charge in [-0.05, 0) is 34.0 Å². The quantitative estimate of drug-likeness (QED) is 0.898. The zero-order chi connectivity index (χ0) is 10.6. The van der Waals surface area contributed by atoms with Crippen LogP contribution in [0.25, 0.3) is 0 Å². The molecule has 4 heteroatoms. The van der Waals surface area contributed by atoms with Crippen molar-refractivity contribution in [2.24, 2.45) is 5.92 Å². The summed E-state index contributed by atoms with van der Waals surface area (Å²) >= 11 is 4.79. The molecule has 1 heterocycles. The molecule has 1 aromatic rings. The van der Waals surface area contributed by atoms with Crippen LogP contribution in [0, 0.1) is 5.92 Å². The lowest BCUT2D eigenvalue weighted by molar-refractivity contribution is 0.0952. The van der Waals surface area contributed by atoms with Crippen LogP contribution in [0.1, 0.15) is 29.9 Å². The molecule has 0 bridgehead atoms. The Balaban J connectivity index is 2.43. The van der Waals surface area contributed by atoms with E-state index in [0.717, 1.165) is 21.6 Å². The van der Waals surface area contributed by atoms with Crippen LogP contribution < -0.4 is 5.32 Å². The lowest BCUT2D eigenvalue weighted by atomic mass is 10.1. The van der Waals surface area contributed by atoms with E-state index in [-0.39, 0.29) is 5.91 Å². The highest BCUT2D eigenvalue weighted by Crippen LogP contribution is 2.21. The largest absolute Gasteiger partial charge is 0.351 e. The smallest absolute Gasteiger partial charge is 0.261 e.